The lowest BCUT2D eigenvalue weighted by Crippen LogP contribution is -2.20. The van der Waals surface area contributed by atoms with E-state index >= 15 is 0 Å². The molecule has 0 saturated heterocycles. The van der Waals surface area contributed by atoms with Crippen LogP contribution >= 0.6 is 11.6 Å². The molecule has 0 atom stereocenters. The summed E-state index contributed by atoms with van der Waals surface area (Å²) in [6.45, 7) is 4.13. The smallest absolute Gasteiger partial charge is 0.111 e. The molecule has 0 radical (unpaired) electrons. The van der Waals surface area contributed by atoms with Crippen molar-refractivity contribution in [2.24, 2.45) is 0 Å². The van der Waals surface area contributed by atoms with Crippen LogP contribution in [0.4, 0.5) is 0 Å². The third-order valence-corrected chi connectivity index (χ3v) is 3.70. The third kappa shape index (κ3) is 2.38. The number of nitrogens with one attached hydrogen (secondary N) is 1. The summed E-state index contributed by atoms with van der Waals surface area (Å²) in [7, 11) is 0. The van der Waals surface area contributed by atoms with Crippen molar-refractivity contribution in [3.05, 3.63) is 29.0 Å². The van der Waals surface area contributed by atoms with Crippen LogP contribution in [-0.4, -0.2) is 22.1 Å². The van der Waals surface area contributed by atoms with Crippen molar-refractivity contribution in [1.82, 2.24) is 14.9 Å². The van der Waals surface area contributed by atoms with Gasteiger partial charge in [0.1, 0.15) is 5.82 Å². The maximum atomic E-state index is 6.02. The van der Waals surface area contributed by atoms with Gasteiger partial charge in [-0.1, -0.05) is 11.6 Å². The van der Waals surface area contributed by atoms with Gasteiger partial charge in [-0.15, -0.1) is 0 Å². The van der Waals surface area contributed by atoms with Crippen molar-refractivity contribution in [3.8, 4) is 0 Å². The summed E-state index contributed by atoms with van der Waals surface area (Å²) < 4.78 is 2.28. The molecule has 96 valence electrons. The molecular weight excluding hydrogens is 246 g/mol. The third-order valence-electron chi connectivity index (χ3n) is 3.46. The van der Waals surface area contributed by atoms with Crippen molar-refractivity contribution >= 4 is 22.6 Å². The van der Waals surface area contributed by atoms with Crippen LogP contribution in [0.25, 0.3) is 11.0 Å². The topological polar surface area (TPSA) is 29.9 Å². The standard InChI is InChI=1S/C14H18ClN3/c1-2-18-13-6-3-10(15)9-12(13)17-14(18)7-8-16-11-4-5-11/h3,6,9,11,16H,2,4-5,7-8H2,1H3. The van der Waals surface area contributed by atoms with Crippen molar-refractivity contribution < 1.29 is 0 Å². The Bertz CT molecular complexity index is 557. The van der Waals surface area contributed by atoms with Crippen molar-refractivity contribution in [1.29, 1.82) is 0 Å². The number of aromatic nitrogens is 2. The minimum absolute atomic E-state index is 0.755. The number of benzene rings is 1. The molecule has 1 aliphatic rings. The second kappa shape index (κ2) is 4.90. The molecule has 1 N–H and O–H groups in total. The molecule has 3 nitrogen and oxygen atoms in total. The zero-order valence-electron chi connectivity index (χ0n) is 10.6. The SMILES string of the molecule is CCn1c(CCNC2CC2)nc2cc(Cl)ccc21. The number of imidazole rings is 1. The van der Waals surface area contributed by atoms with E-state index in [1.807, 2.05) is 12.1 Å². The average molecular weight is 264 g/mol. The van der Waals surface area contributed by atoms with Gasteiger partial charge in [-0.05, 0) is 38.0 Å². The molecule has 1 heterocycles. The molecule has 1 fully saturated rings. The van der Waals surface area contributed by atoms with Crippen LogP contribution in [0.5, 0.6) is 0 Å². The molecule has 0 unspecified atom stereocenters. The predicted molar refractivity (Wildman–Crippen MR) is 75.1 cm³/mol. The number of fused-ring (bicyclic) bond motifs is 1. The molecule has 0 spiro atoms. The van der Waals surface area contributed by atoms with Gasteiger partial charge in [-0.3, -0.25) is 0 Å². The largest absolute Gasteiger partial charge is 0.328 e. The highest BCUT2D eigenvalue weighted by molar-refractivity contribution is 6.31. The van der Waals surface area contributed by atoms with Crippen LogP contribution in [0, 0.1) is 0 Å². The monoisotopic (exact) mass is 263 g/mol. The van der Waals surface area contributed by atoms with Crippen LogP contribution in [0.1, 0.15) is 25.6 Å². The van der Waals surface area contributed by atoms with E-state index in [0.29, 0.717) is 0 Å². The first kappa shape index (κ1) is 12.0. The fraction of sp³-hybridized carbons (Fsp3) is 0.500. The first-order chi connectivity index (χ1) is 8.78. The Morgan fingerprint density at radius 2 is 2.28 bits per heavy atom. The molecule has 1 aromatic carbocycles. The normalized spacial score (nSPS) is 15.4. The van der Waals surface area contributed by atoms with Gasteiger partial charge in [0.25, 0.3) is 0 Å². The summed E-state index contributed by atoms with van der Waals surface area (Å²) in [5, 5.41) is 4.29. The van der Waals surface area contributed by atoms with Gasteiger partial charge in [0.05, 0.1) is 11.0 Å². The molecule has 2 aromatic rings. The lowest BCUT2D eigenvalue weighted by Gasteiger charge is -2.06. The molecule has 1 saturated carbocycles. The number of halogens is 1. The molecule has 0 bridgehead atoms. The van der Waals surface area contributed by atoms with Gasteiger partial charge in [0.15, 0.2) is 0 Å². The Kier molecular flexibility index (Phi) is 3.27. The van der Waals surface area contributed by atoms with E-state index in [1.165, 1.54) is 18.4 Å². The van der Waals surface area contributed by atoms with Crippen LogP contribution < -0.4 is 5.32 Å². The van der Waals surface area contributed by atoms with E-state index in [2.05, 4.69) is 22.9 Å². The maximum Gasteiger partial charge on any atom is 0.111 e. The van der Waals surface area contributed by atoms with Gasteiger partial charge in [0.2, 0.25) is 0 Å². The van der Waals surface area contributed by atoms with E-state index < -0.39 is 0 Å². The summed E-state index contributed by atoms with van der Waals surface area (Å²) in [6, 6.07) is 6.70. The second-order valence-corrected chi connectivity index (χ2v) is 5.32. The molecule has 1 aliphatic carbocycles. The summed E-state index contributed by atoms with van der Waals surface area (Å²) >= 11 is 6.02. The van der Waals surface area contributed by atoms with Crippen LogP contribution in [0.2, 0.25) is 5.02 Å². The molecule has 0 amide bonds. The van der Waals surface area contributed by atoms with Crippen LogP contribution in [0.3, 0.4) is 0 Å². The van der Waals surface area contributed by atoms with Crippen LogP contribution in [-0.2, 0) is 13.0 Å². The van der Waals surface area contributed by atoms with Crippen LogP contribution in [0.15, 0.2) is 18.2 Å². The molecule has 4 heteroatoms. The zero-order valence-corrected chi connectivity index (χ0v) is 11.4. The average Bonchev–Trinajstić information content (AvgIpc) is 3.10. The lowest BCUT2D eigenvalue weighted by molar-refractivity contribution is 0.637. The highest BCUT2D eigenvalue weighted by Gasteiger charge is 2.20. The number of hydrogen-bond acceptors (Lipinski definition) is 2. The minimum atomic E-state index is 0.755. The van der Waals surface area contributed by atoms with Gasteiger partial charge in [-0.25, -0.2) is 4.98 Å². The second-order valence-electron chi connectivity index (χ2n) is 4.88. The number of hydrogen-bond donors (Lipinski definition) is 1. The molecule has 3 rings (SSSR count). The Morgan fingerprint density at radius 1 is 1.44 bits per heavy atom. The summed E-state index contributed by atoms with van der Waals surface area (Å²) in [4.78, 5) is 4.70. The van der Waals surface area contributed by atoms with Crippen molar-refractivity contribution in [2.45, 2.75) is 38.8 Å². The fourth-order valence-electron chi connectivity index (χ4n) is 2.37. The van der Waals surface area contributed by atoms with E-state index in [9.17, 15) is 0 Å². The number of nitrogens with zero attached hydrogens (tertiary/aromatic N) is 2. The molecule has 1 aromatic heterocycles. The van der Waals surface area contributed by atoms with Crippen molar-refractivity contribution in [3.63, 3.8) is 0 Å². The van der Waals surface area contributed by atoms with Crippen molar-refractivity contribution in [2.75, 3.05) is 6.54 Å². The van der Waals surface area contributed by atoms with Gasteiger partial charge < -0.3 is 9.88 Å². The fourth-order valence-corrected chi connectivity index (χ4v) is 2.54. The Hall–Kier alpha value is -1.06. The number of aryl methyl sites for hydroxylation is 1. The van der Waals surface area contributed by atoms with E-state index in [0.717, 1.165) is 41.9 Å². The highest BCUT2D eigenvalue weighted by atomic mass is 35.5. The first-order valence-corrected chi connectivity index (χ1v) is 7.04. The van der Waals surface area contributed by atoms with E-state index in [-0.39, 0.29) is 0 Å². The molecule has 18 heavy (non-hydrogen) atoms. The molecule has 0 aliphatic heterocycles. The predicted octanol–water partition coefficient (Wildman–Crippen LogP) is 3.00. The molecular formula is C14H18ClN3. The Morgan fingerprint density at radius 3 is 3.00 bits per heavy atom. The van der Waals surface area contributed by atoms with Gasteiger partial charge in [0, 0.05) is 30.6 Å². The van der Waals surface area contributed by atoms with E-state index in [4.69, 9.17) is 16.6 Å². The Labute approximate surface area is 112 Å². The van der Waals surface area contributed by atoms with E-state index in [1.54, 1.807) is 0 Å². The summed E-state index contributed by atoms with van der Waals surface area (Å²) in [5.41, 5.74) is 2.19. The lowest BCUT2D eigenvalue weighted by atomic mass is 10.3. The minimum Gasteiger partial charge on any atom is -0.328 e. The van der Waals surface area contributed by atoms with Gasteiger partial charge >= 0.3 is 0 Å². The number of rotatable bonds is 5. The zero-order chi connectivity index (χ0) is 12.5. The highest BCUT2D eigenvalue weighted by Crippen LogP contribution is 2.21. The summed E-state index contributed by atoms with van der Waals surface area (Å²) in [5.74, 6) is 1.16. The first-order valence-electron chi connectivity index (χ1n) is 6.66. The maximum absolute atomic E-state index is 6.02. The quantitative estimate of drug-likeness (QED) is 0.899. The Balaban J connectivity index is 1.84. The summed E-state index contributed by atoms with van der Waals surface area (Å²) in [6.07, 6.45) is 3.65. The van der Waals surface area contributed by atoms with Gasteiger partial charge in [-0.2, -0.15) is 0 Å².